The molecule has 3 atom stereocenters. The Morgan fingerprint density at radius 2 is 1.93 bits per heavy atom. The molecule has 30 heavy (non-hydrogen) atoms. The molecular weight excluding hydrogens is 386 g/mol. The van der Waals surface area contributed by atoms with Crippen molar-refractivity contribution in [2.45, 2.75) is 71.8 Å². The van der Waals surface area contributed by atoms with Crippen molar-refractivity contribution in [1.82, 2.24) is 15.5 Å². The first-order valence-corrected chi connectivity index (χ1v) is 10.6. The molecule has 0 aromatic carbocycles. The Kier molecular flexibility index (Phi) is 10.9. The number of hydrogen-bond donors (Lipinski definition) is 5. The second kappa shape index (κ2) is 12.9. The molecule has 1 aliphatic rings. The number of nitrogen functional groups attached to an aromatic ring is 1. The van der Waals surface area contributed by atoms with Crippen LogP contribution in [0.15, 0.2) is 0 Å². The Hall–Kier alpha value is -2.60. The Labute approximate surface area is 178 Å². The summed E-state index contributed by atoms with van der Waals surface area (Å²) in [5, 5.41) is 34.5. The van der Waals surface area contributed by atoms with Crippen molar-refractivity contribution >= 4 is 17.8 Å². The first-order valence-electron chi connectivity index (χ1n) is 10.6. The molecule has 0 bridgehead atoms. The molecule has 0 amide bonds. The topological polar surface area (TPSA) is 165 Å². The minimum absolute atomic E-state index is 0.320. The highest BCUT2D eigenvalue weighted by Crippen LogP contribution is 2.33. The van der Waals surface area contributed by atoms with E-state index in [-0.39, 0.29) is 0 Å². The molecule has 9 nitrogen and oxygen atoms in total. The third kappa shape index (κ3) is 8.41. The van der Waals surface area contributed by atoms with Crippen LogP contribution in [0.3, 0.4) is 0 Å². The van der Waals surface area contributed by atoms with E-state index in [1.807, 2.05) is 0 Å². The van der Waals surface area contributed by atoms with Crippen molar-refractivity contribution in [2.75, 3.05) is 12.3 Å². The lowest BCUT2D eigenvalue weighted by atomic mass is 9.74. The fourth-order valence-corrected chi connectivity index (χ4v) is 4.03. The van der Waals surface area contributed by atoms with E-state index in [0.717, 1.165) is 49.3 Å². The predicted octanol–water partition coefficient (Wildman–Crippen LogP) is 2.78. The number of nitrogens with two attached hydrogens (primary N) is 1. The number of carbonyl (C=O) groups is 2. The number of nitriles is 1. The predicted molar refractivity (Wildman–Crippen MR) is 114 cm³/mol. The second-order valence-electron chi connectivity index (χ2n) is 8.38. The largest absolute Gasteiger partial charge is 0.473 e. The van der Waals surface area contributed by atoms with Gasteiger partial charge in [-0.25, -0.2) is 9.59 Å². The Morgan fingerprint density at radius 3 is 2.50 bits per heavy atom. The average Bonchev–Trinajstić information content (AvgIpc) is 3.04. The van der Waals surface area contributed by atoms with E-state index in [9.17, 15) is 0 Å². The van der Waals surface area contributed by atoms with Gasteiger partial charge in [-0.15, -0.1) is 0 Å². The van der Waals surface area contributed by atoms with Crippen LogP contribution in [0.25, 0.3) is 0 Å². The number of unbranched alkanes of at least 4 members (excludes halogenated alkanes) is 2. The fraction of sp³-hybridized carbons (Fsp3) is 0.714. The van der Waals surface area contributed by atoms with Crippen molar-refractivity contribution in [1.29, 1.82) is 5.26 Å². The van der Waals surface area contributed by atoms with Crippen LogP contribution in [0.2, 0.25) is 0 Å². The van der Waals surface area contributed by atoms with Gasteiger partial charge in [-0.3, -0.25) is 5.10 Å². The molecule has 1 aliphatic carbocycles. The number of aromatic amines is 1. The average molecular weight is 422 g/mol. The molecule has 0 saturated heterocycles. The zero-order valence-corrected chi connectivity index (χ0v) is 18.1. The molecule has 3 unspecified atom stereocenters. The monoisotopic (exact) mass is 421 g/mol. The zero-order chi connectivity index (χ0) is 22.7. The van der Waals surface area contributed by atoms with Crippen LogP contribution in [-0.4, -0.2) is 44.9 Å². The van der Waals surface area contributed by atoms with Gasteiger partial charge in [0, 0.05) is 6.04 Å². The summed E-state index contributed by atoms with van der Waals surface area (Å²) in [6.07, 6.45) is 8.33. The lowest BCUT2D eigenvalue weighted by molar-refractivity contribution is -0.159. The van der Waals surface area contributed by atoms with Gasteiger partial charge in [-0.05, 0) is 56.4 Å². The summed E-state index contributed by atoms with van der Waals surface area (Å²) in [7, 11) is 0. The second-order valence-corrected chi connectivity index (χ2v) is 8.38. The van der Waals surface area contributed by atoms with Gasteiger partial charge < -0.3 is 21.3 Å². The summed E-state index contributed by atoms with van der Waals surface area (Å²) in [4.78, 5) is 18.2. The minimum atomic E-state index is -1.82. The highest BCUT2D eigenvalue weighted by Gasteiger charge is 2.29. The normalized spacial score (nSPS) is 20.8. The SMILES string of the molecule is CC1CCC(C(C)C)C(NCCCCCc2[nH]nc(N)c2C#N)C1.O=C(O)C(=O)O. The molecule has 6 N–H and O–H groups in total. The summed E-state index contributed by atoms with van der Waals surface area (Å²) in [6.45, 7) is 8.20. The summed E-state index contributed by atoms with van der Waals surface area (Å²) in [6, 6.07) is 2.81. The van der Waals surface area contributed by atoms with E-state index in [0.29, 0.717) is 17.4 Å². The van der Waals surface area contributed by atoms with Crippen LogP contribution < -0.4 is 11.1 Å². The molecule has 1 aromatic heterocycles. The molecule has 1 heterocycles. The highest BCUT2D eigenvalue weighted by molar-refractivity contribution is 6.27. The van der Waals surface area contributed by atoms with E-state index in [2.05, 4.69) is 42.4 Å². The maximum atomic E-state index is 9.10. The molecule has 9 heteroatoms. The van der Waals surface area contributed by atoms with E-state index in [4.69, 9.17) is 30.8 Å². The zero-order valence-electron chi connectivity index (χ0n) is 18.1. The van der Waals surface area contributed by atoms with E-state index in [1.165, 1.54) is 25.7 Å². The number of hydrogen-bond acceptors (Lipinski definition) is 6. The van der Waals surface area contributed by atoms with Crippen LogP contribution in [0.4, 0.5) is 5.82 Å². The maximum Gasteiger partial charge on any atom is 0.414 e. The lowest BCUT2D eigenvalue weighted by Crippen LogP contribution is -2.43. The molecule has 1 saturated carbocycles. The van der Waals surface area contributed by atoms with Crippen molar-refractivity contribution in [2.24, 2.45) is 17.8 Å². The first kappa shape index (κ1) is 25.4. The number of rotatable bonds is 8. The number of H-pyrrole nitrogens is 1. The third-order valence-corrected chi connectivity index (χ3v) is 5.70. The van der Waals surface area contributed by atoms with Gasteiger partial charge in [-0.2, -0.15) is 10.4 Å². The maximum absolute atomic E-state index is 9.10. The highest BCUT2D eigenvalue weighted by atomic mass is 16.4. The van der Waals surface area contributed by atoms with Gasteiger partial charge in [0.05, 0.1) is 5.69 Å². The Balaban J connectivity index is 0.000000656. The summed E-state index contributed by atoms with van der Waals surface area (Å²) < 4.78 is 0. The van der Waals surface area contributed by atoms with Gasteiger partial charge >= 0.3 is 11.9 Å². The number of nitrogens with one attached hydrogen (secondary N) is 2. The minimum Gasteiger partial charge on any atom is -0.473 e. The molecule has 0 radical (unpaired) electrons. The van der Waals surface area contributed by atoms with Crippen molar-refractivity contribution in [3.63, 3.8) is 0 Å². The number of carboxylic acid groups (broad SMARTS) is 2. The van der Waals surface area contributed by atoms with Crippen LogP contribution in [0.5, 0.6) is 0 Å². The van der Waals surface area contributed by atoms with E-state index in [1.54, 1.807) is 0 Å². The number of aromatic nitrogens is 2. The number of carboxylic acids is 2. The quantitative estimate of drug-likeness (QED) is 0.316. The molecular formula is C21H35N5O4. The molecule has 1 aromatic rings. The molecule has 2 rings (SSSR count). The van der Waals surface area contributed by atoms with Gasteiger partial charge in [0.1, 0.15) is 11.6 Å². The fourth-order valence-electron chi connectivity index (χ4n) is 4.03. The van der Waals surface area contributed by atoms with Gasteiger partial charge in [0.15, 0.2) is 5.82 Å². The standard InChI is InChI=1S/C19H33N5.C2H2O4/c1-13(2)15-9-8-14(3)11-18(15)22-10-6-4-5-7-17-16(12-20)19(21)24-23-17;3-1(4)2(5)6/h13-15,18,22H,4-11H2,1-3H3,(H3,21,23,24);(H,3,4)(H,5,6). The van der Waals surface area contributed by atoms with E-state index < -0.39 is 11.9 Å². The van der Waals surface area contributed by atoms with Gasteiger partial charge in [0.2, 0.25) is 0 Å². The molecule has 0 aliphatic heterocycles. The summed E-state index contributed by atoms with van der Waals surface area (Å²) >= 11 is 0. The summed E-state index contributed by atoms with van der Waals surface area (Å²) in [5.74, 6) is -0.879. The summed E-state index contributed by atoms with van der Waals surface area (Å²) in [5.41, 5.74) is 7.06. The van der Waals surface area contributed by atoms with Crippen LogP contribution in [0, 0.1) is 29.1 Å². The van der Waals surface area contributed by atoms with Crippen molar-refractivity contribution in [3.8, 4) is 6.07 Å². The Bertz CT molecular complexity index is 713. The van der Waals surface area contributed by atoms with Gasteiger partial charge in [-0.1, -0.05) is 33.6 Å². The molecule has 1 fully saturated rings. The third-order valence-electron chi connectivity index (χ3n) is 5.70. The van der Waals surface area contributed by atoms with Crippen LogP contribution >= 0.6 is 0 Å². The molecule has 168 valence electrons. The molecule has 0 spiro atoms. The van der Waals surface area contributed by atoms with Crippen LogP contribution in [-0.2, 0) is 16.0 Å². The first-order chi connectivity index (χ1) is 14.2. The number of aryl methyl sites for hydroxylation is 1. The number of aliphatic carboxylic acids is 2. The van der Waals surface area contributed by atoms with Crippen molar-refractivity contribution in [3.05, 3.63) is 11.3 Å². The van der Waals surface area contributed by atoms with E-state index >= 15 is 0 Å². The lowest BCUT2D eigenvalue weighted by Gasteiger charge is -2.38. The van der Waals surface area contributed by atoms with Gasteiger partial charge in [0.25, 0.3) is 0 Å². The smallest absolute Gasteiger partial charge is 0.414 e. The number of anilines is 1. The Morgan fingerprint density at radius 1 is 1.27 bits per heavy atom. The van der Waals surface area contributed by atoms with Crippen molar-refractivity contribution < 1.29 is 19.8 Å². The number of nitrogens with zero attached hydrogens (tertiary/aromatic N) is 2. The van der Waals surface area contributed by atoms with Crippen LogP contribution in [0.1, 0.15) is 70.6 Å².